The summed E-state index contributed by atoms with van der Waals surface area (Å²) in [4.78, 5) is 40.1. The van der Waals surface area contributed by atoms with Crippen LogP contribution in [0.5, 0.6) is 11.5 Å². The van der Waals surface area contributed by atoms with Gasteiger partial charge in [0, 0.05) is 55.0 Å². The number of aromatic nitrogens is 1. The van der Waals surface area contributed by atoms with Gasteiger partial charge in [-0.3, -0.25) is 9.59 Å². The van der Waals surface area contributed by atoms with Crippen LogP contribution in [0.3, 0.4) is 0 Å². The minimum absolute atomic E-state index is 0.0273. The Bertz CT molecular complexity index is 1530. The molecule has 1 saturated heterocycles. The largest absolute Gasteiger partial charge is 0.487 e. The van der Waals surface area contributed by atoms with E-state index in [0.29, 0.717) is 43.1 Å². The van der Waals surface area contributed by atoms with Crippen molar-refractivity contribution in [3.8, 4) is 11.5 Å². The van der Waals surface area contributed by atoms with Crippen LogP contribution in [0.25, 0.3) is 11.0 Å². The van der Waals surface area contributed by atoms with Crippen molar-refractivity contribution in [1.29, 1.82) is 0 Å². The SMILES string of the molecule is CCCc1cc(=O)oc2c3c(cc(OCC(=O)N4CC5CC(C4)c4cccc(=O)n4C5)c12)OC(C)(C)CC3. The van der Waals surface area contributed by atoms with Crippen LogP contribution >= 0.6 is 0 Å². The highest BCUT2D eigenvalue weighted by Crippen LogP contribution is 2.43. The maximum Gasteiger partial charge on any atom is 0.336 e. The number of carbonyl (C=O) groups is 1. The molecule has 2 atom stereocenters. The molecule has 6 rings (SSSR count). The standard InChI is InChI=1S/C30H34N2O6/c1-4-6-19-12-27(35)37-29-21-9-10-30(2,3)38-23(21)13-24(28(19)29)36-17-26(34)31-14-18-11-20(16-31)22-7-5-8-25(33)32(22)15-18/h5,7-8,12-13,18,20H,4,6,9-11,14-17H2,1-3H3. The van der Waals surface area contributed by atoms with Gasteiger partial charge in [0.25, 0.3) is 11.5 Å². The van der Waals surface area contributed by atoms with Crippen LogP contribution in [0.1, 0.15) is 62.8 Å². The number of nitrogens with zero attached hydrogens (tertiary/aromatic N) is 2. The van der Waals surface area contributed by atoms with Crippen molar-refractivity contribution in [3.05, 3.63) is 67.9 Å². The molecule has 38 heavy (non-hydrogen) atoms. The molecule has 2 bridgehead atoms. The highest BCUT2D eigenvalue weighted by molar-refractivity contribution is 5.92. The highest BCUT2D eigenvalue weighted by atomic mass is 16.5. The number of hydrogen-bond acceptors (Lipinski definition) is 6. The lowest BCUT2D eigenvalue weighted by molar-refractivity contribution is -0.136. The van der Waals surface area contributed by atoms with E-state index in [0.717, 1.165) is 47.9 Å². The second-order valence-corrected chi connectivity index (χ2v) is 11.5. The number of hydrogen-bond donors (Lipinski definition) is 0. The molecule has 0 aliphatic carbocycles. The minimum atomic E-state index is -0.388. The van der Waals surface area contributed by atoms with E-state index in [1.165, 1.54) is 6.07 Å². The Balaban J connectivity index is 1.29. The van der Waals surface area contributed by atoms with Gasteiger partial charge in [-0.15, -0.1) is 0 Å². The number of aryl methyl sites for hydroxylation is 2. The summed E-state index contributed by atoms with van der Waals surface area (Å²) in [6, 6.07) is 8.79. The van der Waals surface area contributed by atoms with E-state index >= 15 is 0 Å². The number of pyridine rings is 1. The third-order valence-electron chi connectivity index (χ3n) is 8.19. The number of rotatable bonds is 5. The van der Waals surface area contributed by atoms with Crippen molar-refractivity contribution in [3.63, 3.8) is 0 Å². The summed E-state index contributed by atoms with van der Waals surface area (Å²) in [5, 5.41) is 0.755. The molecular weight excluding hydrogens is 484 g/mol. The smallest absolute Gasteiger partial charge is 0.336 e. The van der Waals surface area contributed by atoms with Gasteiger partial charge in [-0.1, -0.05) is 19.4 Å². The molecule has 3 aromatic rings. The lowest BCUT2D eigenvalue weighted by Crippen LogP contribution is -2.50. The maximum absolute atomic E-state index is 13.4. The molecule has 5 heterocycles. The second-order valence-electron chi connectivity index (χ2n) is 11.5. The van der Waals surface area contributed by atoms with Gasteiger partial charge in [-0.05, 0) is 57.1 Å². The van der Waals surface area contributed by atoms with E-state index in [-0.39, 0.29) is 41.1 Å². The van der Waals surface area contributed by atoms with E-state index in [9.17, 15) is 14.4 Å². The van der Waals surface area contributed by atoms with E-state index < -0.39 is 0 Å². The van der Waals surface area contributed by atoms with Gasteiger partial charge in [0.1, 0.15) is 22.7 Å². The summed E-state index contributed by atoms with van der Waals surface area (Å²) in [6.45, 7) is 7.83. The van der Waals surface area contributed by atoms with Crippen molar-refractivity contribution in [2.24, 2.45) is 5.92 Å². The van der Waals surface area contributed by atoms with Crippen molar-refractivity contribution >= 4 is 16.9 Å². The zero-order valence-electron chi connectivity index (χ0n) is 22.2. The van der Waals surface area contributed by atoms with Crippen LogP contribution in [0.15, 0.2) is 44.3 Å². The second kappa shape index (κ2) is 9.33. The highest BCUT2D eigenvalue weighted by Gasteiger charge is 2.36. The minimum Gasteiger partial charge on any atom is -0.487 e. The Morgan fingerprint density at radius 3 is 2.82 bits per heavy atom. The van der Waals surface area contributed by atoms with Crippen LogP contribution in [-0.2, 0) is 24.2 Å². The van der Waals surface area contributed by atoms with Crippen LogP contribution in [0.2, 0.25) is 0 Å². The summed E-state index contributed by atoms with van der Waals surface area (Å²) in [7, 11) is 0. The van der Waals surface area contributed by atoms with E-state index in [2.05, 4.69) is 6.92 Å². The van der Waals surface area contributed by atoms with Gasteiger partial charge in [0.15, 0.2) is 6.61 Å². The van der Waals surface area contributed by atoms with Gasteiger partial charge in [0.2, 0.25) is 0 Å². The molecule has 0 N–H and O–H groups in total. The van der Waals surface area contributed by atoms with Gasteiger partial charge in [-0.25, -0.2) is 4.79 Å². The molecule has 8 nitrogen and oxygen atoms in total. The summed E-state index contributed by atoms with van der Waals surface area (Å²) < 4.78 is 20.1. The number of amides is 1. The molecule has 1 amide bonds. The molecule has 0 radical (unpaired) electrons. The summed E-state index contributed by atoms with van der Waals surface area (Å²) in [6.07, 6.45) is 4.08. The van der Waals surface area contributed by atoms with Gasteiger partial charge >= 0.3 is 5.63 Å². The molecule has 0 saturated carbocycles. The molecular formula is C30H34N2O6. The van der Waals surface area contributed by atoms with Crippen LogP contribution < -0.4 is 20.7 Å². The quantitative estimate of drug-likeness (QED) is 0.474. The predicted octanol–water partition coefficient (Wildman–Crippen LogP) is 4.04. The Hall–Kier alpha value is -3.55. The van der Waals surface area contributed by atoms with Crippen molar-refractivity contribution < 1.29 is 18.7 Å². The first kappa shape index (κ1) is 24.8. The van der Waals surface area contributed by atoms with E-state index in [1.54, 1.807) is 12.1 Å². The van der Waals surface area contributed by atoms with Crippen molar-refractivity contribution in [2.75, 3.05) is 19.7 Å². The first-order chi connectivity index (χ1) is 18.2. The van der Waals surface area contributed by atoms with Crippen LogP contribution in [0, 0.1) is 5.92 Å². The first-order valence-corrected chi connectivity index (χ1v) is 13.6. The number of piperidine rings is 1. The molecule has 8 heteroatoms. The lowest BCUT2D eigenvalue weighted by Gasteiger charge is -2.42. The molecule has 0 spiro atoms. The van der Waals surface area contributed by atoms with Crippen LogP contribution in [0.4, 0.5) is 0 Å². The van der Waals surface area contributed by atoms with Gasteiger partial charge in [0.05, 0.1) is 5.39 Å². The normalized spacial score (nSPS) is 21.4. The summed E-state index contributed by atoms with van der Waals surface area (Å²) in [5.41, 5.74) is 2.55. The lowest BCUT2D eigenvalue weighted by atomic mass is 9.83. The Kier molecular flexibility index (Phi) is 6.08. The van der Waals surface area contributed by atoms with Crippen molar-refractivity contribution in [1.82, 2.24) is 9.47 Å². The molecule has 200 valence electrons. The zero-order chi connectivity index (χ0) is 26.6. The Morgan fingerprint density at radius 1 is 1.16 bits per heavy atom. The fourth-order valence-electron chi connectivity index (χ4n) is 6.43. The van der Waals surface area contributed by atoms with Gasteiger partial charge in [-0.2, -0.15) is 0 Å². The molecule has 2 aromatic heterocycles. The Labute approximate surface area is 221 Å². The first-order valence-electron chi connectivity index (χ1n) is 13.6. The third-order valence-corrected chi connectivity index (χ3v) is 8.19. The topological polar surface area (TPSA) is 91.0 Å². The molecule has 1 aromatic carbocycles. The summed E-state index contributed by atoms with van der Waals surface area (Å²) in [5.74, 6) is 1.45. The number of benzene rings is 1. The Morgan fingerprint density at radius 2 is 2.00 bits per heavy atom. The average molecular weight is 519 g/mol. The fraction of sp³-hybridized carbons (Fsp3) is 0.500. The van der Waals surface area contributed by atoms with Crippen molar-refractivity contribution in [2.45, 2.75) is 70.9 Å². The zero-order valence-corrected chi connectivity index (χ0v) is 22.2. The van der Waals surface area contributed by atoms with Crippen LogP contribution in [-0.4, -0.2) is 40.7 Å². The van der Waals surface area contributed by atoms with E-state index in [4.69, 9.17) is 13.9 Å². The third kappa shape index (κ3) is 4.40. The monoisotopic (exact) mass is 518 g/mol. The molecule has 3 aliphatic heterocycles. The van der Waals surface area contributed by atoms with Gasteiger partial charge < -0.3 is 23.4 Å². The maximum atomic E-state index is 13.4. The summed E-state index contributed by atoms with van der Waals surface area (Å²) >= 11 is 0. The number of ether oxygens (including phenoxy) is 2. The average Bonchev–Trinajstić information content (AvgIpc) is 2.87. The van der Waals surface area contributed by atoms with E-state index in [1.807, 2.05) is 35.4 Å². The molecule has 3 aliphatic rings. The number of likely N-dealkylation sites (tertiary alicyclic amines) is 1. The fourth-order valence-corrected chi connectivity index (χ4v) is 6.43. The number of fused-ring (bicyclic) bond motifs is 7. The predicted molar refractivity (Wildman–Crippen MR) is 143 cm³/mol. The number of carbonyl (C=O) groups excluding carboxylic acids is 1. The molecule has 2 unspecified atom stereocenters. The molecule has 1 fully saturated rings.